The largest absolute Gasteiger partial charge is 0.496 e. The molecule has 0 aliphatic heterocycles. The van der Waals surface area contributed by atoms with Gasteiger partial charge in [0, 0.05) is 13.2 Å². The van der Waals surface area contributed by atoms with Gasteiger partial charge in [-0.3, -0.25) is 4.79 Å². The summed E-state index contributed by atoms with van der Waals surface area (Å²) < 4.78 is 24.1. The van der Waals surface area contributed by atoms with Gasteiger partial charge in [0.1, 0.15) is 11.6 Å². The van der Waals surface area contributed by atoms with E-state index in [0.29, 0.717) is 25.0 Å². The van der Waals surface area contributed by atoms with Gasteiger partial charge in [-0.2, -0.15) is 0 Å². The molecule has 1 amide bonds. The first-order valence-electron chi connectivity index (χ1n) is 7.94. The van der Waals surface area contributed by atoms with E-state index < -0.39 is 5.82 Å². The van der Waals surface area contributed by atoms with Gasteiger partial charge in [0.05, 0.1) is 18.8 Å². The summed E-state index contributed by atoms with van der Waals surface area (Å²) in [7, 11) is 1.46. The fourth-order valence-electron chi connectivity index (χ4n) is 2.71. The Kier molecular flexibility index (Phi) is 6.65. The van der Waals surface area contributed by atoms with E-state index in [1.807, 2.05) is 0 Å². The van der Waals surface area contributed by atoms with E-state index in [-0.39, 0.29) is 11.5 Å². The summed E-state index contributed by atoms with van der Waals surface area (Å²) >= 11 is 0. The number of rotatable bonds is 7. The van der Waals surface area contributed by atoms with Crippen LogP contribution in [0.2, 0.25) is 0 Å². The molecule has 0 aromatic heterocycles. The summed E-state index contributed by atoms with van der Waals surface area (Å²) in [4.78, 5) is 12.0. The summed E-state index contributed by atoms with van der Waals surface area (Å²) in [6.45, 7) is 1.15. The second-order valence-corrected chi connectivity index (χ2v) is 5.58. The summed E-state index contributed by atoms with van der Waals surface area (Å²) in [5.74, 6) is -0.405. The smallest absolute Gasteiger partial charge is 0.255 e. The molecular weight excluding hydrogens is 285 g/mol. The van der Waals surface area contributed by atoms with E-state index in [1.165, 1.54) is 44.6 Å². The van der Waals surface area contributed by atoms with Crippen molar-refractivity contribution in [1.82, 2.24) is 5.32 Å². The molecule has 1 saturated carbocycles. The van der Waals surface area contributed by atoms with E-state index in [4.69, 9.17) is 9.47 Å². The fraction of sp³-hybridized carbons (Fsp3) is 0.588. The first-order chi connectivity index (χ1) is 10.7. The second-order valence-electron chi connectivity index (χ2n) is 5.58. The molecule has 0 bridgehead atoms. The molecule has 1 aliphatic rings. The molecule has 1 fully saturated rings. The minimum absolute atomic E-state index is 0.218. The van der Waals surface area contributed by atoms with E-state index >= 15 is 0 Å². The van der Waals surface area contributed by atoms with Gasteiger partial charge in [-0.1, -0.05) is 19.3 Å². The van der Waals surface area contributed by atoms with E-state index in [9.17, 15) is 9.18 Å². The lowest BCUT2D eigenvalue weighted by atomic mass is 9.98. The van der Waals surface area contributed by atoms with Gasteiger partial charge < -0.3 is 14.8 Å². The predicted molar refractivity (Wildman–Crippen MR) is 82.7 cm³/mol. The lowest BCUT2D eigenvalue weighted by molar-refractivity contribution is 0.0273. The Morgan fingerprint density at radius 2 is 2.09 bits per heavy atom. The molecule has 1 N–H and O–H groups in total. The number of benzene rings is 1. The Morgan fingerprint density at radius 3 is 2.82 bits per heavy atom. The molecule has 1 aliphatic carbocycles. The van der Waals surface area contributed by atoms with E-state index in [2.05, 4.69) is 5.32 Å². The van der Waals surface area contributed by atoms with Crippen LogP contribution in [-0.2, 0) is 4.74 Å². The van der Waals surface area contributed by atoms with Crippen molar-refractivity contribution in [2.75, 3.05) is 20.3 Å². The van der Waals surface area contributed by atoms with Gasteiger partial charge in [-0.15, -0.1) is 0 Å². The quantitative estimate of drug-likeness (QED) is 0.786. The number of hydrogen-bond acceptors (Lipinski definition) is 3. The highest BCUT2D eigenvalue weighted by Crippen LogP contribution is 2.20. The normalized spacial score (nSPS) is 15.5. The van der Waals surface area contributed by atoms with Crippen LogP contribution in [0.25, 0.3) is 0 Å². The molecule has 5 heteroatoms. The van der Waals surface area contributed by atoms with E-state index in [1.54, 1.807) is 0 Å². The van der Waals surface area contributed by atoms with Crippen molar-refractivity contribution in [3.8, 4) is 5.75 Å². The van der Waals surface area contributed by atoms with E-state index in [0.717, 1.165) is 19.3 Å². The first kappa shape index (κ1) is 16.7. The van der Waals surface area contributed by atoms with Gasteiger partial charge in [-0.25, -0.2) is 4.39 Å². The molecule has 4 nitrogen and oxygen atoms in total. The standard InChI is InChI=1S/C17H24FNO3/c1-21-16-9-8-13(18)12-15(16)17(20)19-10-5-11-22-14-6-3-2-4-7-14/h8-9,12,14H,2-7,10-11H2,1H3,(H,19,20). The molecule has 1 aromatic carbocycles. The summed E-state index contributed by atoms with van der Waals surface area (Å²) in [5, 5.41) is 2.77. The molecule has 2 rings (SSSR count). The van der Waals surface area contributed by atoms with Crippen molar-refractivity contribution in [3.63, 3.8) is 0 Å². The van der Waals surface area contributed by atoms with Gasteiger partial charge in [0.25, 0.3) is 5.91 Å². The minimum Gasteiger partial charge on any atom is -0.496 e. The Labute approximate surface area is 131 Å². The third-order valence-corrected chi connectivity index (χ3v) is 3.92. The van der Waals surface area contributed by atoms with Crippen LogP contribution in [-0.4, -0.2) is 32.3 Å². The predicted octanol–water partition coefficient (Wildman–Crippen LogP) is 3.30. The topological polar surface area (TPSA) is 47.6 Å². The lowest BCUT2D eigenvalue weighted by Crippen LogP contribution is -2.26. The number of nitrogens with one attached hydrogen (secondary N) is 1. The highest BCUT2D eigenvalue weighted by atomic mass is 19.1. The number of carbonyl (C=O) groups is 1. The molecule has 0 radical (unpaired) electrons. The molecule has 0 saturated heterocycles. The van der Waals surface area contributed by atoms with Crippen LogP contribution in [0.3, 0.4) is 0 Å². The number of ether oxygens (including phenoxy) is 2. The van der Waals surface area contributed by atoms with Crippen LogP contribution in [0, 0.1) is 5.82 Å². The molecule has 22 heavy (non-hydrogen) atoms. The van der Waals surface area contributed by atoms with Crippen molar-refractivity contribution in [3.05, 3.63) is 29.6 Å². The number of carbonyl (C=O) groups excluding carboxylic acids is 1. The monoisotopic (exact) mass is 309 g/mol. The van der Waals surface area contributed by atoms with Crippen molar-refractivity contribution in [1.29, 1.82) is 0 Å². The fourth-order valence-corrected chi connectivity index (χ4v) is 2.71. The van der Waals surface area contributed by atoms with Crippen LogP contribution in [0.1, 0.15) is 48.9 Å². The number of methoxy groups -OCH3 is 1. The van der Waals surface area contributed by atoms with Crippen molar-refractivity contribution < 1.29 is 18.7 Å². The summed E-state index contributed by atoms with van der Waals surface area (Å²) in [5.41, 5.74) is 0.218. The van der Waals surface area contributed by atoms with Gasteiger partial charge in [-0.05, 0) is 37.5 Å². The zero-order valence-electron chi connectivity index (χ0n) is 13.1. The maximum Gasteiger partial charge on any atom is 0.255 e. The average molecular weight is 309 g/mol. The average Bonchev–Trinajstić information content (AvgIpc) is 2.55. The number of halogens is 1. The van der Waals surface area contributed by atoms with Crippen LogP contribution in [0.5, 0.6) is 5.75 Å². The first-order valence-corrected chi connectivity index (χ1v) is 7.94. The second kappa shape index (κ2) is 8.73. The maximum atomic E-state index is 13.2. The highest BCUT2D eigenvalue weighted by Gasteiger charge is 2.14. The van der Waals surface area contributed by atoms with Crippen LogP contribution in [0.15, 0.2) is 18.2 Å². The Balaban J connectivity index is 1.70. The Morgan fingerprint density at radius 1 is 1.32 bits per heavy atom. The Hall–Kier alpha value is -1.62. The highest BCUT2D eigenvalue weighted by molar-refractivity contribution is 5.96. The van der Waals surface area contributed by atoms with Crippen LogP contribution in [0.4, 0.5) is 4.39 Å². The summed E-state index contributed by atoms with van der Waals surface area (Å²) in [6.07, 6.45) is 7.24. The number of amides is 1. The SMILES string of the molecule is COc1ccc(F)cc1C(=O)NCCCOC1CCCCC1. The minimum atomic E-state index is -0.452. The molecule has 122 valence electrons. The van der Waals surface area contributed by atoms with Gasteiger partial charge in [0.2, 0.25) is 0 Å². The van der Waals surface area contributed by atoms with Crippen LogP contribution >= 0.6 is 0 Å². The third kappa shape index (κ3) is 4.98. The van der Waals surface area contributed by atoms with Crippen molar-refractivity contribution in [2.24, 2.45) is 0 Å². The molecule has 1 aromatic rings. The zero-order chi connectivity index (χ0) is 15.8. The molecule has 0 heterocycles. The molecule has 0 unspecified atom stereocenters. The zero-order valence-corrected chi connectivity index (χ0v) is 13.1. The number of hydrogen-bond donors (Lipinski definition) is 1. The molecular formula is C17H24FNO3. The lowest BCUT2D eigenvalue weighted by Gasteiger charge is -2.21. The summed E-state index contributed by atoms with van der Waals surface area (Å²) in [6, 6.07) is 3.91. The van der Waals surface area contributed by atoms with Crippen molar-refractivity contribution >= 4 is 5.91 Å². The molecule has 0 spiro atoms. The molecule has 0 atom stereocenters. The Bertz CT molecular complexity index is 487. The maximum absolute atomic E-state index is 13.2. The van der Waals surface area contributed by atoms with Gasteiger partial charge >= 0.3 is 0 Å². The van der Waals surface area contributed by atoms with Crippen molar-refractivity contribution in [2.45, 2.75) is 44.6 Å². The third-order valence-electron chi connectivity index (χ3n) is 3.92. The van der Waals surface area contributed by atoms with Gasteiger partial charge in [0.15, 0.2) is 0 Å². The van der Waals surface area contributed by atoms with Crippen LogP contribution < -0.4 is 10.1 Å².